The summed E-state index contributed by atoms with van der Waals surface area (Å²) in [6.07, 6.45) is 18.9. The lowest BCUT2D eigenvalue weighted by Gasteiger charge is -2.72. The lowest BCUT2D eigenvalue weighted by molar-refractivity contribution is -0.212. The average Bonchev–Trinajstić information content (AvgIpc) is 2.63. The minimum Gasteiger partial charge on any atom is -0.0788 e. The maximum atomic E-state index is 2.79. The topological polar surface area (TPSA) is 0 Å². The minimum absolute atomic E-state index is 0.405. The second kappa shape index (κ2) is 6.20. The van der Waals surface area contributed by atoms with Gasteiger partial charge in [0.1, 0.15) is 0 Å². The highest BCUT2D eigenvalue weighted by Gasteiger charge is 2.67. The average molecular weight is 411 g/mol. The molecule has 0 heteroatoms. The molecule has 0 amide bonds. The number of fused-ring (bicyclic) bond motifs is 7. The largest absolute Gasteiger partial charge is 0.0788 e. The smallest absolute Gasteiger partial charge is 0.0113 e. The Bertz CT molecular complexity index is 754. The molecule has 5 rings (SSSR count). The van der Waals surface area contributed by atoms with E-state index in [1.165, 1.54) is 70.6 Å². The van der Waals surface area contributed by atoms with Gasteiger partial charge in [0, 0.05) is 0 Å². The van der Waals surface area contributed by atoms with E-state index in [0.29, 0.717) is 32.5 Å². The third-order valence-electron chi connectivity index (χ3n) is 12.7. The van der Waals surface area contributed by atoms with Crippen LogP contribution in [0.4, 0.5) is 0 Å². The molecule has 0 N–H and O–H groups in total. The van der Waals surface area contributed by atoms with Crippen molar-refractivity contribution in [1.29, 1.82) is 0 Å². The predicted molar refractivity (Wildman–Crippen MR) is 129 cm³/mol. The molecule has 0 nitrogen and oxygen atoms in total. The van der Waals surface area contributed by atoms with Crippen molar-refractivity contribution in [2.24, 2.45) is 50.2 Å². The monoisotopic (exact) mass is 410 g/mol. The van der Waals surface area contributed by atoms with Crippen LogP contribution in [0, 0.1) is 50.2 Å². The first kappa shape index (κ1) is 21.6. The van der Waals surface area contributed by atoms with Crippen LogP contribution in [0.1, 0.15) is 126 Å². The summed E-state index contributed by atoms with van der Waals surface area (Å²) in [6.45, 7) is 21.1. The summed E-state index contributed by atoms with van der Waals surface area (Å²) in [6, 6.07) is 0. The Kier molecular flexibility index (Phi) is 4.46. The molecule has 0 aliphatic heterocycles. The molecule has 170 valence electrons. The van der Waals surface area contributed by atoms with E-state index in [9.17, 15) is 0 Å². The van der Waals surface area contributed by atoms with Gasteiger partial charge < -0.3 is 0 Å². The van der Waals surface area contributed by atoms with E-state index >= 15 is 0 Å². The van der Waals surface area contributed by atoms with E-state index in [2.05, 4.69) is 61.5 Å². The van der Waals surface area contributed by atoms with Crippen LogP contribution in [-0.4, -0.2) is 0 Å². The van der Waals surface area contributed by atoms with Crippen molar-refractivity contribution in [1.82, 2.24) is 0 Å². The van der Waals surface area contributed by atoms with E-state index in [1.54, 1.807) is 0 Å². The van der Waals surface area contributed by atoms with Gasteiger partial charge in [0.25, 0.3) is 0 Å². The van der Waals surface area contributed by atoms with E-state index in [1.807, 2.05) is 5.57 Å². The van der Waals surface area contributed by atoms with Crippen LogP contribution in [0.15, 0.2) is 11.6 Å². The van der Waals surface area contributed by atoms with Crippen LogP contribution in [0.2, 0.25) is 0 Å². The highest BCUT2D eigenvalue weighted by atomic mass is 14.7. The third kappa shape index (κ3) is 2.64. The Balaban J connectivity index is 1.57. The molecule has 0 saturated heterocycles. The lowest BCUT2D eigenvalue weighted by Crippen LogP contribution is -2.64. The second-order valence-electron chi connectivity index (χ2n) is 15.1. The molecule has 4 saturated carbocycles. The zero-order chi connectivity index (χ0) is 21.8. The predicted octanol–water partition coefficient (Wildman–Crippen LogP) is 9.20. The number of rotatable bonds is 0. The van der Waals surface area contributed by atoms with Gasteiger partial charge in [-0.05, 0) is 114 Å². The van der Waals surface area contributed by atoms with Crippen LogP contribution in [0.3, 0.4) is 0 Å². The summed E-state index contributed by atoms with van der Waals surface area (Å²) < 4.78 is 0. The van der Waals surface area contributed by atoms with E-state index in [-0.39, 0.29) is 0 Å². The van der Waals surface area contributed by atoms with Crippen molar-refractivity contribution in [3.63, 3.8) is 0 Å². The van der Waals surface area contributed by atoms with Crippen molar-refractivity contribution < 1.29 is 0 Å². The number of allylic oxidation sites excluding steroid dienone is 2. The quantitative estimate of drug-likeness (QED) is 0.349. The van der Waals surface area contributed by atoms with Gasteiger partial charge in [-0.1, -0.05) is 73.5 Å². The van der Waals surface area contributed by atoms with Gasteiger partial charge in [0.05, 0.1) is 0 Å². The number of hydrogen-bond acceptors (Lipinski definition) is 0. The highest BCUT2D eigenvalue weighted by molar-refractivity contribution is 5.31. The molecular weight excluding hydrogens is 360 g/mol. The second-order valence-corrected chi connectivity index (χ2v) is 15.1. The zero-order valence-electron chi connectivity index (χ0n) is 21.6. The molecule has 0 spiro atoms. The van der Waals surface area contributed by atoms with Crippen molar-refractivity contribution in [2.75, 3.05) is 0 Å². The van der Waals surface area contributed by atoms with Gasteiger partial charge in [0.2, 0.25) is 0 Å². The summed E-state index contributed by atoms with van der Waals surface area (Å²) >= 11 is 0. The maximum absolute atomic E-state index is 2.79. The summed E-state index contributed by atoms with van der Waals surface area (Å²) in [4.78, 5) is 0. The Hall–Kier alpha value is -0.260. The molecule has 0 unspecified atom stereocenters. The fourth-order valence-corrected chi connectivity index (χ4v) is 10.7. The molecule has 0 aromatic rings. The first-order chi connectivity index (χ1) is 13.8. The molecule has 0 bridgehead atoms. The Labute approximate surface area is 188 Å². The van der Waals surface area contributed by atoms with Crippen molar-refractivity contribution >= 4 is 0 Å². The van der Waals surface area contributed by atoms with Crippen LogP contribution in [0.5, 0.6) is 0 Å². The molecular formula is C30H50. The van der Waals surface area contributed by atoms with Gasteiger partial charge in [-0.2, -0.15) is 0 Å². The molecule has 4 fully saturated rings. The summed E-state index contributed by atoms with van der Waals surface area (Å²) in [5.74, 6) is 2.72. The SMILES string of the molecule is CC1(C)C=C2[C@H]3CC[C@@H]4[C@@]5(C)CCCC(C)(C)[C@@H]5CC[C@@]4(C)[C@]3(C)CC[C@@]2(C)CC1. The lowest BCUT2D eigenvalue weighted by atomic mass is 9.33. The normalized spacial score (nSPS) is 54.1. The van der Waals surface area contributed by atoms with Crippen LogP contribution in [-0.2, 0) is 0 Å². The molecule has 30 heavy (non-hydrogen) atoms. The number of hydrogen-bond donors (Lipinski definition) is 0. The van der Waals surface area contributed by atoms with Gasteiger partial charge in [-0.25, -0.2) is 0 Å². The zero-order valence-corrected chi connectivity index (χ0v) is 21.6. The van der Waals surface area contributed by atoms with Gasteiger partial charge >= 0.3 is 0 Å². The summed E-state index contributed by atoms with van der Waals surface area (Å²) in [7, 11) is 0. The first-order valence-electron chi connectivity index (χ1n) is 13.5. The summed E-state index contributed by atoms with van der Waals surface area (Å²) in [5, 5.41) is 0. The highest BCUT2D eigenvalue weighted by Crippen LogP contribution is 2.76. The molecule has 0 aromatic carbocycles. The fraction of sp³-hybridized carbons (Fsp3) is 0.933. The molecule has 0 aromatic heterocycles. The van der Waals surface area contributed by atoms with E-state index < -0.39 is 0 Å². The standard InChI is InChI=1S/C30H50/c1-25(2)16-17-27(5)18-19-29(7)21(22(27)20-25)10-11-24-28(6)14-9-13-26(3,4)23(28)12-15-30(24,29)8/h20-21,23-24H,9-19H2,1-8H3/t21-,23+,24-,27-,28+,29-,30-/m1/s1. The Morgan fingerprint density at radius 2 is 1.33 bits per heavy atom. The van der Waals surface area contributed by atoms with Crippen LogP contribution in [0.25, 0.3) is 0 Å². The molecule has 0 heterocycles. The third-order valence-corrected chi connectivity index (χ3v) is 12.7. The van der Waals surface area contributed by atoms with E-state index in [4.69, 9.17) is 0 Å². The minimum atomic E-state index is 0.405. The molecule has 0 radical (unpaired) electrons. The van der Waals surface area contributed by atoms with E-state index in [0.717, 1.165) is 17.8 Å². The van der Waals surface area contributed by atoms with Crippen LogP contribution >= 0.6 is 0 Å². The van der Waals surface area contributed by atoms with Crippen LogP contribution < -0.4 is 0 Å². The van der Waals surface area contributed by atoms with Crippen molar-refractivity contribution in [3.8, 4) is 0 Å². The van der Waals surface area contributed by atoms with Gasteiger partial charge in [0.15, 0.2) is 0 Å². The first-order valence-corrected chi connectivity index (χ1v) is 13.5. The summed E-state index contributed by atoms with van der Waals surface area (Å²) in [5.41, 5.74) is 4.96. The van der Waals surface area contributed by atoms with Crippen molar-refractivity contribution in [2.45, 2.75) is 126 Å². The van der Waals surface area contributed by atoms with Crippen molar-refractivity contribution in [3.05, 3.63) is 11.6 Å². The Morgan fingerprint density at radius 3 is 2.07 bits per heavy atom. The maximum Gasteiger partial charge on any atom is -0.0113 e. The molecule has 5 aliphatic carbocycles. The molecule has 7 atom stereocenters. The van der Waals surface area contributed by atoms with Gasteiger partial charge in [-0.3, -0.25) is 0 Å². The fourth-order valence-electron chi connectivity index (χ4n) is 10.7. The van der Waals surface area contributed by atoms with Gasteiger partial charge in [-0.15, -0.1) is 0 Å². The Morgan fingerprint density at radius 1 is 0.633 bits per heavy atom. The molecule has 5 aliphatic rings.